The zero-order chi connectivity index (χ0) is 13.3. The Morgan fingerprint density at radius 2 is 1.94 bits per heavy atom. The van der Waals surface area contributed by atoms with Gasteiger partial charge in [-0.3, -0.25) is 9.59 Å². The Kier molecular flexibility index (Phi) is 8.35. The minimum absolute atomic E-state index is 0.0305. The standard InChI is InChI=1S/C11H20O6/c1-3-8(2)11(15)16-5-4-10(14)17-7-9(13)6-12/h8-9,12-13H,3-7H2,1-2H3. The number of carbonyl (C=O) groups excluding carboxylic acids is 2. The third kappa shape index (κ3) is 7.70. The number of aliphatic hydroxyl groups excluding tert-OH is 2. The van der Waals surface area contributed by atoms with Gasteiger partial charge in [0.25, 0.3) is 0 Å². The van der Waals surface area contributed by atoms with Crippen LogP contribution in [0, 0.1) is 5.92 Å². The third-order valence-electron chi connectivity index (χ3n) is 2.21. The molecule has 100 valence electrons. The minimum atomic E-state index is -1.07. The molecule has 2 N–H and O–H groups in total. The van der Waals surface area contributed by atoms with E-state index in [9.17, 15) is 9.59 Å². The van der Waals surface area contributed by atoms with E-state index in [0.717, 1.165) is 0 Å². The fourth-order valence-electron chi connectivity index (χ4n) is 0.858. The number of aliphatic hydroxyl groups is 2. The maximum atomic E-state index is 11.2. The Morgan fingerprint density at radius 3 is 2.47 bits per heavy atom. The number of ether oxygens (including phenoxy) is 2. The summed E-state index contributed by atoms with van der Waals surface area (Å²) >= 11 is 0. The minimum Gasteiger partial charge on any atom is -0.465 e. The lowest BCUT2D eigenvalue weighted by molar-refractivity contribution is -0.153. The highest BCUT2D eigenvalue weighted by Crippen LogP contribution is 2.03. The summed E-state index contributed by atoms with van der Waals surface area (Å²) in [6.45, 7) is 2.87. The second-order valence-corrected chi connectivity index (χ2v) is 3.75. The summed E-state index contributed by atoms with van der Waals surface area (Å²) < 4.78 is 9.47. The van der Waals surface area contributed by atoms with E-state index in [4.69, 9.17) is 14.9 Å². The second kappa shape index (κ2) is 8.95. The van der Waals surface area contributed by atoms with Crippen LogP contribution in [0.4, 0.5) is 0 Å². The van der Waals surface area contributed by atoms with Crippen molar-refractivity contribution in [2.24, 2.45) is 5.92 Å². The third-order valence-corrected chi connectivity index (χ3v) is 2.21. The maximum absolute atomic E-state index is 11.2. The van der Waals surface area contributed by atoms with Crippen molar-refractivity contribution in [1.82, 2.24) is 0 Å². The van der Waals surface area contributed by atoms with Crippen LogP contribution in [0.1, 0.15) is 26.7 Å². The Bertz CT molecular complexity index is 240. The van der Waals surface area contributed by atoms with Crippen molar-refractivity contribution in [2.45, 2.75) is 32.8 Å². The summed E-state index contributed by atoms with van der Waals surface area (Å²) in [5.74, 6) is -1.09. The summed E-state index contributed by atoms with van der Waals surface area (Å²) in [6, 6.07) is 0. The zero-order valence-electron chi connectivity index (χ0n) is 10.2. The summed E-state index contributed by atoms with van der Waals surface area (Å²) in [7, 11) is 0. The van der Waals surface area contributed by atoms with Crippen LogP contribution in [-0.2, 0) is 19.1 Å². The Hall–Kier alpha value is -1.14. The number of hydrogen-bond acceptors (Lipinski definition) is 6. The average Bonchev–Trinajstić information content (AvgIpc) is 2.34. The highest BCUT2D eigenvalue weighted by atomic mass is 16.6. The molecule has 0 fully saturated rings. The molecule has 0 spiro atoms. The highest BCUT2D eigenvalue weighted by Gasteiger charge is 2.13. The first-order valence-corrected chi connectivity index (χ1v) is 5.62. The van der Waals surface area contributed by atoms with E-state index in [1.807, 2.05) is 6.92 Å². The van der Waals surface area contributed by atoms with Gasteiger partial charge in [-0.05, 0) is 6.42 Å². The summed E-state index contributed by atoms with van der Waals surface area (Å²) in [6.07, 6.45) is -0.437. The topological polar surface area (TPSA) is 93.1 Å². The van der Waals surface area contributed by atoms with E-state index >= 15 is 0 Å². The van der Waals surface area contributed by atoms with Crippen LogP contribution in [0.2, 0.25) is 0 Å². The molecular weight excluding hydrogens is 228 g/mol. The molecule has 0 saturated heterocycles. The molecule has 2 atom stereocenters. The molecule has 17 heavy (non-hydrogen) atoms. The molecule has 0 aliphatic rings. The number of carbonyl (C=O) groups is 2. The molecule has 0 aliphatic carbocycles. The van der Waals surface area contributed by atoms with Gasteiger partial charge >= 0.3 is 11.9 Å². The lowest BCUT2D eigenvalue weighted by Crippen LogP contribution is -2.23. The first kappa shape index (κ1) is 15.9. The van der Waals surface area contributed by atoms with Gasteiger partial charge in [0.05, 0.1) is 18.9 Å². The molecule has 0 amide bonds. The van der Waals surface area contributed by atoms with Crippen LogP contribution in [0.5, 0.6) is 0 Å². The van der Waals surface area contributed by atoms with Crippen LogP contribution in [-0.4, -0.2) is 48.1 Å². The predicted molar refractivity (Wildman–Crippen MR) is 59.1 cm³/mol. The Balaban J connectivity index is 3.61. The molecule has 6 heteroatoms. The largest absolute Gasteiger partial charge is 0.465 e. The van der Waals surface area contributed by atoms with Gasteiger partial charge in [0.15, 0.2) is 0 Å². The molecular formula is C11H20O6. The number of rotatable bonds is 8. The summed E-state index contributed by atoms with van der Waals surface area (Å²) in [5.41, 5.74) is 0. The molecule has 0 radical (unpaired) electrons. The van der Waals surface area contributed by atoms with Crippen molar-refractivity contribution in [3.63, 3.8) is 0 Å². The first-order valence-electron chi connectivity index (χ1n) is 5.62. The van der Waals surface area contributed by atoms with Crippen LogP contribution in [0.3, 0.4) is 0 Å². The van der Waals surface area contributed by atoms with Crippen molar-refractivity contribution in [1.29, 1.82) is 0 Å². The van der Waals surface area contributed by atoms with E-state index in [-0.39, 0.29) is 31.5 Å². The smallest absolute Gasteiger partial charge is 0.309 e. The summed E-state index contributed by atoms with van der Waals surface area (Å²) in [4.78, 5) is 22.3. The van der Waals surface area contributed by atoms with E-state index < -0.39 is 18.7 Å². The van der Waals surface area contributed by atoms with E-state index in [1.165, 1.54) is 0 Å². The van der Waals surface area contributed by atoms with Gasteiger partial charge in [-0.15, -0.1) is 0 Å². The lowest BCUT2D eigenvalue weighted by Gasteiger charge is -2.10. The van der Waals surface area contributed by atoms with Crippen molar-refractivity contribution >= 4 is 11.9 Å². The SMILES string of the molecule is CCC(C)C(=O)OCCC(=O)OCC(O)CO. The van der Waals surface area contributed by atoms with Crippen LogP contribution >= 0.6 is 0 Å². The van der Waals surface area contributed by atoms with Crippen LogP contribution in [0.25, 0.3) is 0 Å². The molecule has 0 saturated carbocycles. The van der Waals surface area contributed by atoms with E-state index in [2.05, 4.69) is 4.74 Å². The average molecular weight is 248 g/mol. The quantitative estimate of drug-likeness (QED) is 0.581. The van der Waals surface area contributed by atoms with Gasteiger partial charge < -0.3 is 19.7 Å². The van der Waals surface area contributed by atoms with Gasteiger partial charge in [0, 0.05) is 0 Å². The molecule has 2 unspecified atom stereocenters. The molecule has 0 aromatic carbocycles. The van der Waals surface area contributed by atoms with Gasteiger partial charge in [0.1, 0.15) is 19.3 Å². The molecule has 0 aromatic heterocycles. The molecule has 6 nitrogen and oxygen atoms in total. The highest BCUT2D eigenvalue weighted by molar-refractivity contribution is 5.73. The normalized spacial score (nSPS) is 13.9. The van der Waals surface area contributed by atoms with Crippen molar-refractivity contribution < 1.29 is 29.3 Å². The van der Waals surface area contributed by atoms with E-state index in [0.29, 0.717) is 6.42 Å². The number of hydrogen-bond donors (Lipinski definition) is 2. The number of esters is 2. The fraction of sp³-hybridized carbons (Fsp3) is 0.818. The lowest BCUT2D eigenvalue weighted by atomic mass is 10.1. The van der Waals surface area contributed by atoms with E-state index in [1.54, 1.807) is 6.92 Å². The predicted octanol–water partition coefficient (Wildman–Crippen LogP) is -0.138. The first-order chi connectivity index (χ1) is 8.01. The maximum Gasteiger partial charge on any atom is 0.309 e. The van der Waals surface area contributed by atoms with Gasteiger partial charge in [-0.25, -0.2) is 0 Å². The molecule has 0 bridgehead atoms. The fourth-order valence-corrected chi connectivity index (χ4v) is 0.858. The summed E-state index contributed by atoms with van der Waals surface area (Å²) in [5, 5.41) is 17.4. The monoisotopic (exact) mass is 248 g/mol. The van der Waals surface area contributed by atoms with Gasteiger partial charge in [-0.1, -0.05) is 13.8 Å². The zero-order valence-corrected chi connectivity index (χ0v) is 10.2. The van der Waals surface area contributed by atoms with Crippen molar-refractivity contribution in [3.05, 3.63) is 0 Å². The van der Waals surface area contributed by atoms with Crippen LogP contribution in [0.15, 0.2) is 0 Å². The van der Waals surface area contributed by atoms with Crippen molar-refractivity contribution in [2.75, 3.05) is 19.8 Å². The second-order valence-electron chi connectivity index (χ2n) is 3.75. The Morgan fingerprint density at radius 1 is 1.29 bits per heavy atom. The van der Waals surface area contributed by atoms with Crippen LogP contribution < -0.4 is 0 Å². The van der Waals surface area contributed by atoms with Gasteiger partial charge in [-0.2, -0.15) is 0 Å². The van der Waals surface area contributed by atoms with Gasteiger partial charge in [0.2, 0.25) is 0 Å². The molecule has 0 aromatic rings. The molecule has 0 rings (SSSR count). The van der Waals surface area contributed by atoms with Crippen molar-refractivity contribution in [3.8, 4) is 0 Å². The molecule has 0 heterocycles. The Labute approximate surface area is 101 Å². The molecule has 0 aliphatic heterocycles.